The Balaban J connectivity index is 1.75. The first-order chi connectivity index (χ1) is 17.3. The second-order valence-electron chi connectivity index (χ2n) is 7.40. The Morgan fingerprint density at radius 3 is 2.06 bits per heavy atom. The number of nitrogens with one attached hydrogen (secondary N) is 1. The summed E-state index contributed by atoms with van der Waals surface area (Å²) in [7, 11) is 0. The zero-order valence-electron chi connectivity index (χ0n) is 18.4. The molecule has 0 aliphatic rings. The lowest BCUT2D eigenvalue weighted by molar-refractivity contribution is -0.116. The molecule has 186 valence electrons. The van der Waals surface area contributed by atoms with Crippen LogP contribution in [0.3, 0.4) is 0 Å². The van der Waals surface area contributed by atoms with Crippen LogP contribution in [0.25, 0.3) is 22.5 Å². The molecule has 11 heteroatoms. The van der Waals surface area contributed by atoms with Crippen molar-refractivity contribution in [3.8, 4) is 34.0 Å². The van der Waals surface area contributed by atoms with Gasteiger partial charge in [0.2, 0.25) is 5.91 Å². The van der Waals surface area contributed by atoms with Crippen molar-refractivity contribution < 1.29 is 31.8 Å². The molecule has 0 spiro atoms. The lowest BCUT2D eigenvalue weighted by Gasteiger charge is -2.11. The average Bonchev–Trinajstić information content (AvgIpc) is 3.14. The number of nitrogens with zero attached hydrogens (tertiary/aromatic N) is 2. The minimum absolute atomic E-state index is 0.0749. The van der Waals surface area contributed by atoms with Gasteiger partial charge in [-0.3, -0.25) is 9.48 Å². The molecule has 1 heterocycles. The van der Waals surface area contributed by atoms with Crippen LogP contribution >= 0.6 is 11.6 Å². The molecule has 6 nitrogen and oxygen atoms in total. The van der Waals surface area contributed by atoms with Crippen molar-refractivity contribution >= 4 is 23.2 Å². The fraction of sp³-hybridized carbons (Fsp3) is 0.120. The van der Waals surface area contributed by atoms with Crippen LogP contribution in [0.4, 0.5) is 23.2 Å². The highest BCUT2D eigenvalue weighted by atomic mass is 35.5. The minimum Gasteiger partial charge on any atom is -0.435 e. The number of carbonyl (C=O) groups is 1. The molecule has 0 unspecified atom stereocenters. The van der Waals surface area contributed by atoms with Gasteiger partial charge in [0, 0.05) is 16.8 Å². The monoisotopic (exact) mass is 519 g/mol. The van der Waals surface area contributed by atoms with Gasteiger partial charge < -0.3 is 14.8 Å². The Hall–Kier alpha value is -4.05. The second kappa shape index (κ2) is 11.1. The molecule has 3 aromatic carbocycles. The van der Waals surface area contributed by atoms with Crippen molar-refractivity contribution in [2.45, 2.75) is 19.8 Å². The molecule has 0 fully saturated rings. The van der Waals surface area contributed by atoms with Crippen molar-refractivity contribution in [3.63, 3.8) is 0 Å². The van der Waals surface area contributed by atoms with Gasteiger partial charge >= 0.3 is 13.2 Å². The molecule has 0 bridgehead atoms. The Kier molecular flexibility index (Phi) is 7.74. The van der Waals surface area contributed by atoms with E-state index in [9.17, 15) is 22.4 Å². The van der Waals surface area contributed by atoms with E-state index in [1.54, 1.807) is 42.5 Å². The number of halogens is 5. The van der Waals surface area contributed by atoms with E-state index in [0.717, 1.165) is 0 Å². The van der Waals surface area contributed by atoms with Gasteiger partial charge in [0.1, 0.15) is 23.7 Å². The predicted molar refractivity (Wildman–Crippen MR) is 126 cm³/mol. The summed E-state index contributed by atoms with van der Waals surface area (Å²) in [4.78, 5) is 12.8. The maximum absolute atomic E-state index is 12.8. The fourth-order valence-electron chi connectivity index (χ4n) is 3.51. The molecule has 0 aliphatic heterocycles. The van der Waals surface area contributed by atoms with E-state index in [1.165, 1.54) is 41.1 Å². The van der Waals surface area contributed by atoms with E-state index in [0.29, 0.717) is 16.8 Å². The van der Waals surface area contributed by atoms with Gasteiger partial charge in [0.05, 0.1) is 10.7 Å². The molecule has 0 atom stereocenters. The first-order valence-electron chi connectivity index (χ1n) is 10.5. The molecule has 0 radical (unpaired) electrons. The number of hydrogen-bond acceptors (Lipinski definition) is 4. The maximum Gasteiger partial charge on any atom is 0.387 e. The highest BCUT2D eigenvalue weighted by Crippen LogP contribution is 2.38. The van der Waals surface area contributed by atoms with Gasteiger partial charge in [-0.1, -0.05) is 54.1 Å². The third-order valence-corrected chi connectivity index (χ3v) is 5.27. The molecule has 0 saturated carbocycles. The Morgan fingerprint density at radius 1 is 0.861 bits per heavy atom. The van der Waals surface area contributed by atoms with Gasteiger partial charge in [-0.2, -0.15) is 22.7 Å². The quantitative estimate of drug-likeness (QED) is 0.250. The number of ether oxygens (including phenoxy) is 2. The van der Waals surface area contributed by atoms with E-state index in [2.05, 4.69) is 19.9 Å². The third-order valence-electron chi connectivity index (χ3n) is 4.91. The van der Waals surface area contributed by atoms with Crippen LogP contribution in [-0.4, -0.2) is 28.9 Å². The normalized spacial score (nSPS) is 11.1. The number of benzene rings is 3. The molecule has 4 aromatic rings. The van der Waals surface area contributed by atoms with Crippen molar-refractivity contribution in [2.24, 2.45) is 0 Å². The molecule has 0 saturated heterocycles. The van der Waals surface area contributed by atoms with E-state index in [-0.39, 0.29) is 34.5 Å². The number of amides is 1. The minimum atomic E-state index is -3.04. The lowest BCUT2D eigenvalue weighted by Crippen LogP contribution is -2.20. The summed E-state index contributed by atoms with van der Waals surface area (Å²) >= 11 is 6.67. The summed E-state index contributed by atoms with van der Waals surface area (Å²) in [5.41, 5.74) is 1.69. The molecular formula is C25H18ClF4N3O3. The predicted octanol–water partition coefficient (Wildman–Crippen LogP) is 6.71. The van der Waals surface area contributed by atoms with Crippen LogP contribution < -0.4 is 14.8 Å². The van der Waals surface area contributed by atoms with Gasteiger partial charge in [0.25, 0.3) is 0 Å². The summed E-state index contributed by atoms with van der Waals surface area (Å²) in [5, 5.41) is 7.25. The largest absolute Gasteiger partial charge is 0.435 e. The number of carbonyl (C=O) groups excluding carboxylic acids is 1. The first kappa shape index (κ1) is 25.1. The third kappa shape index (κ3) is 6.14. The van der Waals surface area contributed by atoms with Crippen molar-refractivity contribution in [3.05, 3.63) is 83.9 Å². The van der Waals surface area contributed by atoms with E-state index >= 15 is 0 Å². The number of rotatable bonds is 9. The fourth-order valence-corrected chi connectivity index (χ4v) is 3.87. The average molecular weight is 520 g/mol. The second-order valence-corrected chi connectivity index (χ2v) is 7.77. The van der Waals surface area contributed by atoms with Gasteiger partial charge in [-0.05, 0) is 36.4 Å². The van der Waals surface area contributed by atoms with Crippen molar-refractivity contribution in [1.29, 1.82) is 0 Å². The van der Waals surface area contributed by atoms with Crippen LogP contribution in [0.5, 0.6) is 11.5 Å². The number of anilines is 1. The molecule has 4 rings (SSSR count). The molecular weight excluding hydrogens is 502 g/mol. The van der Waals surface area contributed by atoms with Crippen molar-refractivity contribution in [2.75, 3.05) is 5.32 Å². The van der Waals surface area contributed by atoms with Crippen LogP contribution in [0, 0.1) is 0 Å². The first-order valence-corrected chi connectivity index (χ1v) is 10.9. The smallest absolute Gasteiger partial charge is 0.387 e. The number of hydrogen-bond donors (Lipinski definition) is 1. The molecule has 0 aliphatic carbocycles. The van der Waals surface area contributed by atoms with E-state index in [4.69, 9.17) is 11.6 Å². The van der Waals surface area contributed by atoms with E-state index in [1.807, 2.05) is 0 Å². The molecule has 1 N–H and O–H groups in total. The number of alkyl halides is 4. The van der Waals surface area contributed by atoms with Crippen LogP contribution in [0.1, 0.15) is 0 Å². The molecule has 1 aromatic heterocycles. The topological polar surface area (TPSA) is 65.4 Å². The standard InChI is InChI=1S/C25H18ClF4N3O3/c26-21-22(15-6-4-10-18(12-15)35-24(27)28)32-33(14-20(34)31-17-8-2-1-3-9-17)23(21)16-7-5-11-19(13-16)36-25(29)30/h1-13,24-25H,14H2,(H,31,34). The number of aromatic nitrogens is 2. The zero-order valence-corrected chi connectivity index (χ0v) is 19.1. The molecule has 36 heavy (non-hydrogen) atoms. The SMILES string of the molecule is O=C(Cn1nc(-c2cccc(OC(F)F)c2)c(Cl)c1-c1cccc(OC(F)F)c1)Nc1ccccc1. The summed E-state index contributed by atoms with van der Waals surface area (Å²) in [5.74, 6) is -0.652. The summed E-state index contributed by atoms with van der Waals surface area (Å²) < 4.78 is 61.2. The van der Waals surface area contributed by atoms with Gasteiger partial charge in [-0.15, -0.1) is 0 Å². The summed E-state index contributed by atoms with van der Waals surface area (Å²) in [6, 6.07) is 20.2. The van der Waals surface area contributed by atoms with E-state index < -0.39 is 19.1 Å². The highest BCUT2D eigenvalue weighted by molar-refractivity contribution is 6.35. The van der Waals surface area contributed by atoms with Gasteiger partial charge in [0.15, 0.2) is 0 Å². The lowest BCUT2D eigenvalue weighted by atomic mass is 10.1. The van der Waals surface area contributed by atoms with Gasteiger partial charge in [-0.25, -0.2) is 0 Å². The summed E-state index contributed by atoms with van der Waals surface area (Å²) in [6.45, 7) is -6.34. The maximum atomic E-state index is 12.8. The Labute approximate surface area is 208 Å². The zero-order chi connectivity index (χ0) is 25.7. The summed E-state index contributed by atoms with van der Waals surface area (Å²) in [6.07, 6.45) is 0. The van der Waals surface area contributed by atoms with Crippen LogP contribution in [0.2, 0.25) is 5.02 Å². The van der Waals surface area contributed by atoms with Crippen LogP contribution in [-0.2, 0) is 11.3 Å². The number of para-hydroxylation sites is 1. The van der Waals surface area contributed by atoms with Crippen LogP contribution in [0.15, 0.2) is 78.9 Å². The highest BCUT2D eigenvalue weighted by Gasteiger charge is 2.22. The molecule has 1 amide bonds. The Bertz CT molecular complexity index is 1350. The Morgan fingerprint density at radius 2 is 1.44 bits per heavy atom. The van der Waals surface area contributed by atoms with Crippen molar-refractivity contribution in [1.82, 2.24) is 9.78 Å².